The third kappa shape index (κ3) is 4.26. The topological polar surface area (TPSA) is 20.2 Å². The van der Waals surface area contributed by atoms with Crippen LogP contribution in [0.25, 0.3) is 6.08 Å². The second kappa shape index (κ2) is 5.47. The minimum atomic E-state index is -4.87. The summed E-state index contributed by atoms with van der Waals surface area (Å²) in [6.45, 7) is 2.78. The maximum atomic E-state index is 12.6. The molecule has 0 heterocycles. The summed E-state index contributed by atoms with van der Waals surface area (Å²) in [4.78, 5) is 0. The van der Waals surface area contributed by atoms with Gasteiger partial charge >= 0.3 is 12.4 Å². The van der Waals surface area contributed by atoms with Crippen LogP contribution in [0.4, 0.5) is 26.3 Å². The summed E-state index contributed by atoms with van der Waals surface area (Å²) in [5.74, 6) is 0. The van der Waals surface area contributed by atoms with E-state index in [1.807, 2.05) is 0 Å². The molecule has 0 amide bonds. The van der Waals surface area contributed by atoms with Gasteiger partial charge in [0.05, 0.1) is 17.2 Å². The summed E-state index contributed by atoms with van der Waals surface area (Å²) in [7, 11) is 0. The summed E-state index contributed by atoms with van der Waals surface area (Å²) in [5, 5.41) is 9.23. The molecule has 1 aromatic carbocycles. The lowest BCUT2D eigenvalue weighted by Gasteiger charge is -2.13. The van der Waals surface area contributed by atoms with Crippen molar-refractivity contribution in [3.05, 3.63) is 40.5 Å². The Morgan fingerprint density at radius 2 is 1.40 bits per heavy atom. The summed E-state index contributed by atoms with van der Waals surface area (Å²) < 4.78 is 75.6. The SMILES string of the molecule is CC(=Cc1cc(C(F)(F)F)cc(C(F)(F)F)c1)C(C)O. The van der Waals surface area contributed by atoms with Gasteiger partial charge in [0.2, 0.25) is 0 Å². The average molecular weight is 298 g/mol. The molecule has 0 radical (unpaired) electrons. The molecule has 0 fully saturated rings. The van der Waals surface area contributed by atoms with Gasteiger partial charge in [0.15, 0.2) is 0 Å². The first kappa shape index (κ1) is 16.6. The molecule has 0 aliphatic rings. The molecule has 20 heavy (non-hydrogen) atoms. The van der Waals surface area contributed by atoms with Crippen molar-refractivity contribution in [3.63, 3.8) is 0 Å². The lowest BCUT2D eigenvalue weighted by atomic mass is 10.0. The van der Waals surface area contributed by atoms with Crippen molar-refractivity contribution < 1.29 is 31.4 Å². The standard InChI is InChI=1S/C13H12F6O/c1-7(8(2)20)3-9-4-10(12(14,15)16)6-11(5-9)13(17,18)19/h3-6,8,20H,1-2H3. The van der Waals surface area contributed by atoms with E-state index in [0.717, 1.165) is 6.08 Å². The number of rotatable bonds is 2. The number of halogens is 6. The largest absolute Gasteiger partial charge is 0.416 e. The van der Waals surface area contributed by atoms with E-state index in [1.54, 1.807) is 0 Å². The molecule has 7 heteroatoms. The minimum Gasteiger partial charge on any atom is -0.389 e. The Kier molecular flexibility index (Phi) is 4.53. The molecule has 1 atom stereocenters. The van der Waals surface area contributed by atoms with Crippen LogP contribution in [-0.4, -0.2) is 11.2 Å². The summed E-state index contributed by atoms with van der Waals surface area (Å²) >= 11 is 0. The van der Waals surface area contributed by atoms with Crippen molar-refractivity contribution in [1.29, 1.82) is 0 Å². The van der Waals surface area contributed by atoms with E-state index in [-0.39, 0.29) is 17.2 Å². The third-order valence-electron chi connectivity index (χ3n) is 2.66. The van der Waals surface area contributed by atoms with Crippen LogP contribution in [-0.2, 0) is 12.4 Å². The number of alkyl halides is 6. The smallest absolute Gasteiger partial charge is 0.389 e. The van der Waals surface area contributed by atoms with Crippen LogP contribution in [0.15, 0.2) is 23.8 Å². The first-order valence-electron chi connectivity index (χ1n) is 5.57. The van der Waals surface area contributed by atoms with Crippen molar-refractivity contribution in [3.8, 4) is 0 Å². The number of aliphatic hydroxyl groups is 1. The fraction of sp³-hybridized carbons (Fsp3) is 0.385. The van der Waals surface area contributed by atoms with Crippen LogP contribution in [0.3, 0.4) is 0 Å². The lowest BCUT2D eigenvalue weighted by molar-refractivity contribution is -0.143. The zero-order valence-electron chi connectivity index (χ0n) is 10.6. The second-order valence-corrected chi connectivity index (χ2v) is 4.40. The average Bonchev–Trinajstić information content (AvgIpc) is 2.26. The maximum Gasteiger partial charge on any atom is 0.416 e. The highest BCUT2D eigenvalue weighted by Crippen LogP contribution is 2.36. The number of aliphatic hydroxyl groups excluding tert-OH is 1. The zero-order chi connectivity index (χ0) is 15.7. The highest BCUT2D eigenvalue weighted by Gasteiger charge is 2.36. The number of benzene rings is 1. The van der Waals surface area contributed by atoms with Crippen molar-refractivity contribution in [1.82, 2.24) is 0 Å². The Hall–Kier alpha value is -1.50. The van der Waals surface area contributed by atoms with E-state index in [9.17, 15) is 31.4 Å². The molecule has 1 unspecified atom stereocenters. The van der Waals surface area contributed by atoms with Gasteiger partial charge in [-0.3, -0.25) is 0 Å². The Balaban J connectivity index is 3.43. The van der Waals surface area contributed by atoms with Gasteiger partial charge in [0.1, 0.15) is 0 Å². The van der Waals surface area contributed by atoms with Gasteiger partial charge in [0, 0.05) is 0 Å². The fourth-order valence-electron chi connectivity index (χ4n) is 1.45. The van der Waals surface area contributed by atoms with E-state index >= 15 is 0 Å². The van der Waals surface area contributed by atoms with E-state index < -0.39 is 29.6 Å². The van der Waals surface area contributed by atoms with Gasteiger partial charge in [-0.2, -0.15) is 26.3 Å². The molecule has 0 saturated carbocycles. The molecule has 1 nitrogen and oxygen atoms in total. The van der Waals surface area contributed by atoms with Crippen molar-refractivity contribution in [2.45, 2.75) is 32.3 Å². The molecule has 112 valence electrons. The molecule has 0 saturated heterocycles. The molecule has 0 aliphatic carbocycles. The second-order valence-electron chi connectivity index (χ2n) is 4.40. The van der Waals surface area contributed by atoms with Crippen molar-refractivity contribution in [2.24, 2.45) is 0 Å². The highest BCUT2D eigenvalue weighted by molar-refractivity contribution is 5.56. The zero-order valence-corrected chi connectivity index (χ0v) is 10.6. The summed E-state index contributed by atoms with van der Waals surface area (Å²) in [5.41, 5.74) is -2.75. The number of hydrogen-bond acceptors (Lipinski definition) is 1. The molecule has 1 rings (SSSR count). The Labute approximate surface area is 111 Å². The van der Waals surface area contributed by atoms with Crippen molar-refractivity contribution in [2.75, 3.05) is 0 Å². The maximum absolute atomic E-state index is 12.6. The van der Waals surface area contributed by atoms with Crippen LogP contribution in [0, 0.1) is 0 Å². The molecule has 0 spiro atoms. The van der Waals surface area contributed by atoms with E-state index in [0.29, 0.717) is 12.1 Å². The van der Waals surface area contributed by atoms with Gasteiger partial charge in [-0.15, -0.1) is 0 Å². The molecule has 1 N–H and O–H groups in total. The molecule has 0 bridgehead atoms. The van der Waals surface area contributed by atoms with Crippen molar-refractivity contribution >= 4 is 6.08 Å². The first-order valence-corrected chi connectivity index (χ1v) is 5.57. The summed E-state index contributed by atoms with van der Waals surface area (Å²) in [6, 6.07) is 1.29. The third-order valence-corrected chi connectivity index (χ3v) is 2.66. The molecular weight excluding hydrogens is 286 g/mol. The van der Waals surface area contributed by atoms with Gasteiger partial charge in [0.25, 0.3) is 0 Å². The lowest BCUT2D eigenvalue weighted by Crippen LogP contribution is -2.11. The molecule has 0 aromatic heterocycles. The van der Waals surface area contributed by atoms with Crippen LogP contribution < -0.4 is 0 Å². The normalized spacial score (nSPS) is 15.3. The minimum absolute atomic E-state index is 0.0645. The van der Waals surface area contributed by atoms with E-state index in [4.69, 9.17) is 0 Å². The van der Waals surface area contributed by atoms with Gasteiger partial charge < -0.3 is 5.11 Å². The van der Waals surface area contributed by atoms with Gasteiger partial charge in [-0.25, -0.2) is 0 Å². The Morgan fingerprint density at radius 1 is 1.00 bits per heavy atom. The Bertz CT molecular complexity index is 478. The van der Waals surface area contributed by atoms with Crippen LogP contribution in [0.2, 0.25) is 0 Å². The Morgan fingerprint density at radius 3 is 1.70 bits per heavy atom. The van der Waals surface area contributed by atoms with Crippen LogP contribution in [0.1, 0.15) is 30.5 Å². The highest BCUT2D eigenvalue weighted by atomic mass is 19.4. The van der Waals surface area contributed by atoms with Gasteiger partial charge in [-0.1, -0.05) is 6.08 Å². The predicted octanol–water partition coefficient (Wildman–Crippen LogP) is 4.51. The van der Waals surface area contributed by atoms with Crippen LogP contribution in [0.5, 0.6) is 0 Å². The molecule has 0 aliphatic heterocycles. The fourth-order valence-corrected chi connectivity index (χ4v) is 1.45. The summed E-state index contributed by atoms with van der Waals surface area (Å²) in [6.07, 6.45) is -9.61. The van der Waals surface area contributed by atoms with E-state index in [1.165, 1.54) is 13.8 Å². The molecular formula is C13H12F6O. The quantitative estimate of drug-likeness (QED) is 0.797. The first-order chi connectivity index (χ1) is 8.91. The monoisotopic (exact) mass is 298 g/mol. The number of hydrogen-bond donors (Lipinski definition) is 1. The van der Waals surface area contributed by atoms with Crippen LogP contribution >= 0.6 is 0 Å². The predicted molar refractivity (Wildman–Crippen MR) is 61.8 cm³/mol. The molecule has 1 aromatic rings. The van der Waals surface area contributed by atoms with E-state index in [2.05, 4.69) is 0 Å². The van der Waals surface area contributed by atoms with Gasteiger partial charge in [-0.05, 0) is 43.2 Å².